The number of ether oxygens (including phenoxy) is 2. The van der Waals surface area contributed by atoms with E-state index in [-0.39, 0.29) is 12.3 Å². The van der Waals surface area contributed by atoms with Crippen LogP contribution in [0.15, 0.2) is 5.38 Å². The summed E-state index contributed by atoms with van der Waals surface area (Å²) in [5, 5.41) is 3.15. The molecule has 15 heavy (non-hydrogen) atoms. The van der Waals surface area contributed by atoms with Crippen molar-refractivity contribution < 1.29 is 9.47 Å². The molecule has 1 unspecified atom stereocenters. The van der Waals surface area contributed by atoms with Crippen LogP contribution >= 0.6 is 11.3 Å². The zero-order valence-electron chi connectivity index (χ0n) is 8.81. The summed E-state index contributed by atoms with van der Waals surface area (Å²) in [5.74, 6) is 0. The topological polar surface area (TPSA) is 57.4 Å². The normalized spacial score (nSPS) is 19.6. The predicted molar refractivity (Wildman–Crippen MR) is 58.8 cm³/mol. The molecule has 0 bridgehead atoms. The fraction of sp³-hybridized carbons (Fsp3) is 0.700. The van der Waals surface area contributed by atoms with E-state index < -0.39 is 0 Å². The Balaban J connectivity index is 1.78. The molecule has 2 rings (SSSR count). The van der Waals surface area contributed by atoms with Gasteiger partial charge in [-0.1, -0.05) is 0 Å². The van der Waals surface area contributed by atoms with Gasteiger partial charge in [-0.05, 0) is 6.92 Å². The summed E-state index contributed by atoms with van der Waals surface area (Å²) in [4.78, 5) is 4.38. The van der Waals surface area contributed by atoms with Gasteiger partial charge in [0.15, 0.2) is 6.29 Å². The number of aryl methyl sites for hydroxylation is 1. The van der Waals surface area contributed by atoms with Gasteiger partial charge in [-0.3, -0.25) is 0 Å². The Labute approximate surface area is 93.4 Å². The van der Waals surface area contributed by atoms with Gasteiger partial charge < -0.3 is 15.2 Å². The van der Waals surface area contributed by atoms with Gasteiger partial charge in [0.1, 0.15) is 0 Å². The molecule has 1 aromatic heterocycles. The van der Waals surface area contributed by atoms with E-state index in [1.165, 1.54) is 0 Å². The van der Waals surface area contributed by atoms with Crippen LogP contribution in [0, 0.1) is 6.92 Å². The minimum absolute atomic E-state index is 0.0644. The molecule has 1 fully saturated rings. The van der Waals surface area contributed by atoms with Crippen molar-refractivity contribution in [1.29, 1.82) is 0 Å². The van der Waals surface area contributed by atoms with Crippen molar-refractivity contribution in [2.45, 2.75) is 32.1 Å². The maximum Gasteiger partial charge on any atom is 0.159 e. The first-order valence-electron chi connectivity index (χ1n) is 5.14. The highest BCUT2D eigenvalue weighted by Crippen LogP contribution is 2.14. The number of hydrogen-bond acceptors (Lipinski definition) is 5. The Morgan fingerprint density at radius 1 is 1.60 bits per heavy atom. The fourth-order valence-corrected chi connectivity index (χ4v) is 2.27. The molecule has 2 N–H and O–H groups in total. The summed E-state index contributed by atoms with van der Waals surface area (Å²) in [6.45, 7) is 3.38. The molecule has 0 radical (unpaired) electrons. The van der Waals surface area contributed by atoms with E-state index in [1.54, 1.807) is 11.3 Å². The first kappa shape index (κ1) is 11.0. The minimum atomic E-state index is -0.111. The lowest BCUT2D eigenvalue weighted by molar-refractivity contribution is -0.0504. The van der Waals surface area contributed by atoms with Crippen LogP contribution in [-0.2, 0) is 15.9 Å². The lowest BCUT2D eigenvalue weighted by atomic mass is 10.1. The minimum Gasteiger partial charge on any atom is -0.350 e. The second kappa shape index (κ2) is 5.03. The molecule has 0 amide bonds. The van der Waals surface area contributed by atoms with E-state index in [4.69, 9.17) is 15.2 Å². The maximum absolute atomic E-state index is 6.00. The van der Waals surface area contributed by atoms with Gasteiger partial charge in [-0.25, -0.2) is 4.98 Å². The summed E-state index contributed by atoms with van der Waals surface area (Å²) in [6, 6.07) is 0.0644. The van der Waals surface area contributed by atoms with E-state index in [1.807, 2.05) is 6.92 Å². The zero-order chi connectivity index (χ0) is 10.7. The molecule has 1 atom stereocenters. The van der Waals surface area contributed by atoms with E-state index in [9.17, 15) is 0 Å². The number of aromatic nitrogens is 1. The van der Waals surface area contributed by atoms with E-state index in [0.29, 0.717) is 13.2 Å². The molecule has 1 aromatic rings. The summed E-state index contributed by atoms with van der Waals surface area (Å²) in [7, 11) is 0. The highest BCUT2D eigenvalue weighted by molar-refractivity contribution is 7.09. The molecule has 1 aliphatic rings. The van der Waals surface area contributed by atoms with Crippen LogP contribution in [0.5, 0.6) is 0 Å². The Bertz CT molecular complexity index is 310. The molecule has 0 saturated carbocycles. The summed E-state index contributed by atoms with van der Waals surface area (Å²) < 4.78 is 10.7. The summed E-state index contributed by atoms with van der Waals surface area (Å²) in [6.07, 6.45) is 1.43. The highest BCUT2D eigenvalue weighted by Gasteiger charge is 2.19. The van der Waals surface area contributed by atoms with Crippen molar-refractivity contribution in [2.75, 3.05) is 13.2 Å². The van der Waals surface area contributed by atoms with Crippen LogP contribution in [0.1, 0.15) is 17.1 Å². The Morgan fingerprint density at radius 2 is 2.33 bits per heavy atom. The van der Waals surface area contributed by atoms with Crippen molar-refractivity contribution in [3.8, 4) is 0 Å². The zero-order valence-corrected chi connectivity index (χ0v) is 9.63. The molecule has 0 spiro atoms. The average molecular weight is 228 g/mol. The third-order valence-corrected chi connectivity index (χ3v) is 3.15. The van der Waals surface area contributed by atoms with Gasteiger partial charge in [0.25, 0.3) is 0 Å². The van der Waals surface area contributed by atoms with Gasteiger partial charge in [0, 0.05) is 24.3 Å². The lowest BCUT2D eigenvalue weighted by Gasteiger charge is -2.14. The van der Waals surface area contributed by atoms with Gasteiger partial charge in [0.05, 0.1) is 23.9 Å². The van der Waals surface area contributed by atoms with E-state index >= 15 is 0 Å². The Kier molecular flexibility index (Phi) is 3.69. The summed E-state index contributed by atoms with van der Waals surface area (Å²) in [5.41, 5.74) is 7.07. The highest BCUT2D eigenvalue weighted by atomic mass is 32.1. The fourth-order valence-electron chi connectivity index (χ4n) is 1.64. The number of hydrogen-bond donors (Lipinski definition) is 1. The van der Waals surface area contributed by atoms with Gasteiger partial charge in [-0.2, -0.15) is 0 Å². The quantitative estimate of drug-likeness (QED) is 0.838. The molecule has 2 heterocycles. The molecule has 5 heteroatoms. The monoisotopic (exact) mass is 228 g/mol. The van der Waals surface area contributed by atoms with Gasteiger partial charge >= 0.3 is 0 Å². The average Bonchev–Trinajstić information content (AvgIpc) is 2.77. The van der Waals surface area contributed by atoms with Crippen molar-refractivity contribution in [2.24, 2.45) is 5.73 Å². The van der Waals surface area contributed by atoms with Crippen molar-refractivity contribution in [3.63, 3.8) is 0 Å². The molecule has 0 aromatic carbocycles. The standard InChI is InChI=1S/C10H16N2O2S/c1-7-12-9(6-15-7)4-8(11)5-10-13-2-3-14-10/h6,8,10H,2-5,11H2,1H3. The van der Waals surface area contributed by atoms with Crippen LogP contribution in [0.2, 0.25) is 0 Å². The molecular formula is C10H16N2O2S. The van der Waals surface area contributed by atoms with Crippen LogP contribution < -0.4 is 5.73 Å². The van der Waals surface area contributed by atoms with Crippen LogP contribution in [-0.4, -0.2) is 30.5 Å². The second-order valence-electron chi connectivity index (χ2n) is 3.73. The maximum atomic E-state index is 6.00. The van der Waals surface area contributed by atoms with E-state index in [2.05, 4.69) is 10.4 Å². The van der Waals surface area contributed by atoms with E-state index in [0.717, 1.165) is 23.5 Å². The smallest absolute Gasteiger partial charge is 0.159 e. The first-order valence-corrected chi connectivity index (χ1v) is 6.02. The lowest BCUT2D eigenvalue weighted by Crippen LogP contribution is -2.28. The third kappa shape index (κ3) is 3.24. The van der Waals surface area contributed by atoms with Crippen molar-refractivity contribution in [3.05, 3.63) is 16.1 Å². The number of thiazole rings is 1. The SMILES string of the molecule is Cc1nc(CC(N)CC2OCCO2)cs1. The Hall–Kier alpha value is -0.490. The molecular weight excluding hydrogens is 212 g/mol. The third-order valence-electron chi connectivity index (χ3n) is 2.32. The largest absolute Gasteiger partial charge is 0.350 e. The first-order chi connectivity index (χ1) is 7.24. The molecule has 84 valence electrons. The van der Waals surface area contributed by atoms with Gasteiger partial charge in [0.2, 0.25) is 0 Å². The number of nitrogens with zero attached hydrogens (tertiary/aromatic N) is 1. The second-order valence-corrected chi connectivity index (χ2v) is 4.79. The van der Waals surface area contributed by atoms with Crippen molar-refractivity contribution in [1.82, 2.24) is 4.98 Å². The van der Waals surface area contributed by atoms with Crippen LogP contribution in [0.4, 0.5) is 0 Å². The number of rotatable bonds is 4. The van der Waals surface area contributed by atoms with Crippen LogP contribution in [0.3, 0.4) is 0 Å². The molecule has 0 aliphatic carbocycles. The predicted octanol–water partition coefficient (Wildman–Crippen LogP) is 1.08. The van der Waals surface area contributed by atoms with Crippen LogP contribution in [0.25, 0.3) is 0 Å². The summed E-state index contributed by atoms with van der Waals surface area (Å²) >= 11 is 1.66. The van der Waals surface area contributed by atoms with Gasteiger partial charge in [-0.15, -0.1) is 11.3 Å². The number of nitrogens with two attached hydrogens (primary N) is 1. The van der Waals surface area contributed by atoms with Crippen molar-refractivity contribution >= 4 is 11.3 Å². The Morgan fingerprint density at radius 3 is 2.93 bits per heavy atom. The molecule has 1 aliphatic heterocycles. The molecule has 1 saturated heterocycles. The molecule has 4 nitrogen and oxygen atoms in total.